The zero-order chi connectivity index (χ0) is 22.7. The molecular weight excluding hydrogens is 414 g/mol. The van der Waals surface area contributed by atoms with E-state index in [1.807, 2.05) is 6.92 Å². The van der Waals surface area contributed by atoms with Crippen LogP contribution in [0.15, 0.2) is 28.8 Å². The molecule has 5 N–H and O–H groups in total. The first-order chi connectivity index (χ1) is 14.6. The van der Waals surface area contributed by atoms with Crippen molar-refractivity contribution in [1.29, 1.82) is 0 Å². The second-order valence-corrected chi connectivity index (χ2v) is 10.6. The Kier molecular flexibility index (Phi) is 5.70. The second-order valence-electron chi connectivity index (χ2n) is 9.21. The van der Waals surface area contributed by atoms with E-state index < -0.39 is 17.5 Å². The van der Waals surface area contributed by atoms with Crippen molar-refractivity contribution in [3.63, 3.8) is 0 Å². The lowest BCUT2D eigenvalue weighted by Gasteiger charge is -2.54. The van der Waals surface area contributed by atoms with Crippen LogP contribution in [-0.2, 0) is 16.1 Å². The van der Waals surface area contributed by atoms with Gasteiger partial charge in [0.05, 0.1) is 17.6 Å². The molecule has 2 saturated heterocycles. The number of hydrogen-bond donors (Lipinski definition) is 4. The fourth-order valence-corrected chi connectivity index (χ4v) is 6.83. The zero-order valence-corrected chi connectivity index (χ0v) is 19.2. The molecule has 2 fully saturated rings. The third kappa shape index (κ3) is 3.31. The Bertz CT molecular complexity index is 962. The summed E-state index contributed by atoms with van der Waals surface area (Å²) in [5.41, 5.74) is 8.46. The van der Waals surface area contributed by atoms with Gasteiger partial charge in [-0.15, -0.1) is 11.8 Å². The lowest BCUT2D eigenvalue weighted by Crippen LogP contribution is -2.70. The summed E-state index contributed by atoms with van der Waals surface area (Å²) in [6, 6.07) is 6.25. The van der Waals surface area contributed by atoms with Crippen LogP contribution in [0.2, 0.25) is 0 Å². The van der Waals surface area contributed by atoms with E-state index in [2.05, 4.69) is 30.4 Å². The quantitative estimate of drug-likeness (QED) is 0.496. The molecule has 1 aromatic carbocycles. The van der Waals surface area contributed by atoms with Crippen LogP contribution in [0.25, 0.3) is 0 Å². The van der Waals surface area contributed by atoms with Crippen molar-refractivity contribution in [2.45, 2.75) is 64.1 Å². The first kappa shape index (κ1) is 22.3. The largest absolute Gasteiger partial charge is 0.477 e. The number of carboxylic acid groups (broad SMARTS) is 1. The van der Waals surface area contributed by atoms with Gasteiger partial charge in [0.25, 0.3) is 0 Å². The van der Waals surface area contributed by atoms with E-state index in [-0.39, 0.29) is 34.9 Å². The highest BCUT2D eigenvalue weighted by atomic mass is 32.2. The van der Waals surface area contributed by atoms with Gasteiger partial charge in [0, 0.05) is 35.2 Å². The Hall–Kier alpha value is -1.87. The van der Waals surface area contributed by atoms with Crippen molar-refractivity contribution >= 4 is 23.6 Å². The summed E-state index contributed by atoms with van der Waals surface area (Å²) in [7, 11) is 0. The number of aliphatic hydroxyl groups is 1. The van der Waals surface area contributed by atoms with E-state index >= 15 is 0 Å². The van der Waals surface area contributed by atoms with Crippen molar-refractivity contribution in [1.82, 2.24) is 10.2 Å². The number of rotatable bonds is 6. The number of nitrogens with one attached hydrogen (secondary N) is 1. The molecule has 0 aliphatic carbocycles. The monoisotopic (exact) mass is 445 g/mol. The molecule has 6 atom stereocenters. The summed E-state index contributed by atoms with van der Waals surface area (Å²) < 4.78 is 0. The summed E-state index contributed by atoms with van der Waals surface area (Å²) >= 11 is 1.57. The summed E-state index contributed by atoms with van der Waals surface area (Å²) in [6.07, 6.45) is 0.0435. The van der Waals surface area contributed by atoms with Crippen molar-refractivity contribution in [3.8, 4) is 0 Å². The minimum absolute atomic E-state index is 0.0946. The number of β-lactam (4-membered cyclic amide) rings is 1. The highest BCUT2D eigenvalue weighted by Crippen LogP contribution is 2.57. The minimum Gasteiger partial charge on any atom is -0.477 e. The van der Waals surface area contributed by atoms with Crippen LogP contribution in [0.5, 0.6) is 0 Å². The van der Waals surface area contributed by atoms with Gasteiger partial charge in [-0.3, -0.25) is 9.69 Å². The first-order valence-corrected chi connectivity index (χ1v) is 11.7. The standard InChI is InChI=1S/C23H31N3O4S/c1-11-7-14(5-6-15(11)9-24)17-8-16(10-25-17)31-19-12(2)20-23(4,13(3)27)22(30)26(20)18(19)21(28)29/h5-7,12-13,16-17,20,25,27H,8-10,24H2,1-4H3,(H,28,29)/t12-,13+,16-,17+,20+,23+/m0/s1. The molecule has 3 aliphatic heterocycles. The van der Waals surface area contributed by atoms with Crippen molar-refractivity contribution in [3.05, 3.63) is 45.5 Å². The summed E-state index contributed by atoms with van der Waals surface area (Å²) in [5.74, 6) is -1.50. The third-order valence-electron chi connectivity index (χ3n) is 7.38. The molecule has 0 spiro atoms. The molecule has 0 bridgehead atoms. The number of amides is 1. The number of carbonyl (C=O) groups excluding carboxylic acids is 1. The summed E-state index contributed by atoms with van der Waals surface area (Å²) in [5, 5.41) is 23.9. The average Bonchev–Trinajstić information content (AvgIpc) is 3.29. The van der Waals surface area contributed by atoms with Gasteiger partial charge in [-0.2, -0.15) is 0 Å². The van der Waals surface area contributed by atoms with Crippen LogP contribution in [0, 0.1) is 18.3 Å². The van der Waals surface area contributed by atoms with Gasteiger partial charge < -0.3 is 21.3 Å². The SMILES string of the molecule is Cc1cc([C@H]2C[C@H](SC3=C(C(=O)O)N4C(=O)[C@](C)([C@@H](C)O)[C@H]4[C@H]3C)CN2)ccc1CN. The maximum Gasteiger partial charge on any atom is 0.353 e. The maximum absolute atomic E-state index is 12.8. The van der Waals surface area contributed by atoms with E-state index in [0.717, 1.165) is 23.4 Å². The number of carbonyl (C=O) groups is 2. The zero-order valence-electron chi connectivity index (χ0n) is 18.4. The number of aliphatic hydroxyl groups excluding tert-OH is 1. The van der Waals surface area contributed by atoms with E-state index in [0.29, 0.717) is 6.54 Å². The molecule has 1 aromatic rings. The molecule has 0 unspecified atom stereocenters. The molecule has 0 aromatic heterocycles. The third-order valence-corrected chi connectivity index (χ3v) is 8.89. The van der Waals surface area contributed by atoms with Crippen LogP contribution in [0.1, 0.15) is 49.9 Å². The Labute approximate surface area is 187 Å². The topological polar surface area (TPSA) is 116 Å². The summed E-state index contributed by atoms with van der Waals surface area (Å²) in [6.45, 7) is 8.67. The van der Waals surface area contributed by atoms with E-state index in [1.54, 1.807) is 25.6 Å². The molecule has 3 heterocycles. The number of nitrogens with two attached hydrogens (primary N) is 1. The number of hydrogen-bond acceptors (Lipinski definition) is 6. The number of aliphatic carboxylic acids is 1. The highest BCUT2D eigenvalue weighted by molar-refractivity contribution is 8.03. The van der Waals surface area contributed by atoms with Crippen LogP contribution >= 0.6 is 11.8 Å². The first-order valence-electron chi connectivity index (χ1n) is 10.8. The molecule has 1 amide bonds. The average molecular weight is 446 g/mol. The smallest absolute Gasteiger partial charge is 0.353 e. The summed E-state index contributed by atoms with van der Waals surface area (Å²) in [4.78, 5) is 27.0. The molecule has 8 heteroatoms. The van der Waals surface area contributed by atoms with Crippen LogP contribution in [0.3, 0.4) is 0 Å². The Balaban J connectivity index is 1.53. The van der Waals surface area contributed by atoms with E-state index in [9.17, 15) is 19.8 Å². The highest BCUT2D eigenvalue weighted by Gasteiger charge is 2.67. The predicted molar refractivity (Wildman–Crippen MR) is 120 cm³/mol. The maximum atomic E-state index is 12.8. The second kappa shape index (κ2) is 7.92. The minimum atomic E-state index is -1.08. The van der Waals surface area contributed by atoms with Crippen LogP contribution < -0.4 is 11.1 Å². The number of thioether (sulfide) groups is 1. The number of fused-ring (bicyclic) bond motifs is 1. The van der Waals surface area contributed by atoms with Gasteiger partial charge in [-0.1, -0.05) is 25.1 Å². The van der Waals surface area contributed by atoms with Gasteiger partial charge >= 0.3 is 5.97 Å². The van der Waals surface area contributed by atoms with E-state index in [4.69, 9.17) is 5.73 Å². The van der Waals surface area contributed by atoms with Crippen LogP contribution in [-0.4, -0.2) is 50.9 Å². The lowest BCUT2D eigenvalue weighted by atomic mass is 9.66. The molecule has 31 heavy (non-hydrogen) atoms. The van der Waals surface area contributed by atoms with Crippen molar-refractivity contribution in [2.24, 2.45) is 17.1 Å². The van der Waals surface area contributed by atoms with Gasteiger partial charge in [0.15, 0.2) is 0 Å². The number of carboxylic acids is 1. The molecular formula is C23H31N3O4S. The molecule has 4 rings (SSSR count). The van der Waals surface area contributed by atoms with Crippen LogP contribution in [0.4, 0.5) is 0 Å². The fourth-order valence-electron chi connectivity index (χ4n) is 5.36. The fraction of sp³-hybridized carbons (Fsp3) is 0.565. The predicted octanol–water partition coefficient (Wildman–Crippen LogP) is 2.13. The Morgan fingerprint density at radius 3 is 2.74 bits per heavy atom. The lowest BCUT2D eigenvalue weighted by molar-refractivity contribution is -0.181. The van der Waals surface area contributed by atoms with Gasteiger partial charge in [0.2, 0.25) is 5.91 Å². The van der Waals surface area contributed by atoms with Gasteiger partial charge in [-0.25, -0.2) is 4.79 Å². The normalized spacial score (nSPS) is 33.5. The molecule has 0 saturated carbocycles. The van der Waals surface area contributed by atoms with Gasteiger partial charge in [-0.05, 0) is 43.9 Å². The Morgan fingerprint density at radius 2 is 2.16 bits per heavy atom. The number of aryl methyl sites for hydroxylation is 1. The molecule has 3 aliphatic rings. The Morgan fingerprint density at radius 1 is 1.45 bits per heavy atom. The van der Waals surface area contributed by atoms with E-state index in [1.165, 1.54) is 16.0 Å². The van der Waals surface area contributed by atoms with Crippen molar-refractivity contribution in [2.75, 3.05) is 6.54 Å². The van der Waals surface area contributed by atoms with Crippen molar-refractivity contribution < 1.29 is 19.8 Å². The molecule has 168 valence electrons. The molecule has 0 radical (unpaired) electrons. The number of benzene rings is 1. The van der Waals surface area contributed by atoms with Gasteiger partial charge in [0.1, 0.15) is 5.70 Å². The molecule has 7 nitrogen and oxygen atoms in total. The number of nitrogens with zero attached hydrogens (tertiary/aromatic N) is 1.